The van der Waals surface area contributed by atoms with Crippen LogP contribution < -0.4 is 15.2 Å². The number of hydrogen-bond acceptors (Lipinski definition) is 3. The Labute approximate surface area is 119 Å². The van der Waals surface area contributed by atoms with Crippen LogP contribution in [0.4, 0.5) is 0 Å². The van der Waals surface area contributed by atoms with Crippen LogP contribution in [0, 0.1) is 0 Å². The van der Waals surface area contributed by atoms with Crippen LogP contribution in [-0.2, 0) is 0 Å². The number of hydrogen-bond donors (Lipinski definition) is 1. The molecule has 0 fully saturated rings. The summed E-state index contributed by atoms with van der Waals surface area (Å²) >= 11 is 0. The average molecular weight is 269 g/mol. The first kappa shape index (κ1) is 13.0. The van der Waals surface area contributed by atoms with Gasteiger partial charge in [-0.25, -0.2) is 0 Å². The fourth-order valence-electron chi connectivity index (χ4n) is 2.63. The first-order valence-electron chi connectivity index (χ1n) is 7.02. The normalized spacial score (nSPS) is 20.9. The van der Waals surface area contributed by atoms with Gasteiger partial charge in [0.25, 0.3) is 0 Å². The van der Waals surface area contributed by atoms with Crippen LogP contribution >= 0.6 is 0 Å². The summed E-state index contributed by atoms with van der Waals surface area (Å²) in [4.78, 5) is 0. The van der Waals surface area contributed by atoms with Gasteiger partial charge in [-0.1, -0.05) is 30.3 Å². The van der Waals surface area contributed by atoms with Gasteiger partial charge in [-0.3, -0.25) is 0 Å². The van der Waals surface area contributed by atoms with Crippen LogP contribution in [0.5, 0.6) is 11.5 Å². The molecule has 2 aromatic carbocycles. The summed E-state index contributed by atoms with van der Waals surface area (Å²) < 4.78 is 11.6. The Morgan fingerprint density at radius 3 is 2.90 bits per heavy atom. The van der Waals surface area contributed by atoms with Crippen molar-refractivity contribution >= 4 is 0 Å². The monoisotopic (exact) mass is 269 g/mol. The van der Waals surface area contributed by atoms with E-state index < -0.39 is 0 Å². The summed E-state index contributed by atoms with van der Waals surface area (Å²) in [6, 6.07) is 16.1. The van der Waals surface area contributed by atoms with Crippen molar-refractivity contribution in [3.05, 3.63) is 59.7 Å². The van der Waals surface area contributed by atoms with E-state index in [1.165, 1.54) is 0 Å². The smallest absolute Gasteiger partial charge is 0.126 e. The fourth-order valence-corrected chi connectivity index (χ4v) is 2.63. The highest BCUT2D eigenvalue weighted by molar-refractivity contribution is 5.40. The van der Waals surface area contributed by atoms with Crippen molar-refractivity contribution in [2.75, 3.05) is 6.61 Å². The van der Waals surface area contributed by atoms with Gasteiger partial charge in [-0.15, -0.1) is 0 Å². The lowest BCUT2D eigenvalue weighted by Crippen LogP contribution is -2.24. The SMILES string of the molecule is CCOc1cccc(C2C[C@H](N)c3ccccc3O2)c1. The minimum Gasteiger partial charge on any atom is -0.494 e. The maximum Gasteiger partial charge on any atom is 0.126 e. The number of benzene rings is 2. The molecule has 2 aromatic rings. The van der Waals surface area contributed by atoms with E-state index in [2.05, 4.69) is 6.07 Å². The molecular formula is C17H19NO2. The van der Waals surface area contributed by atoms with Gasteiger partial charge in [-0.2, -0.15) is 0 Å². The molecule has 1 aliphatic heterocycles. The van der Waals surface area contributed by atoms with E-state index in [1.54, 1.807) is 0 Å². The summed E-state index contributed by atoms with van der Waals surface area (Å²) in [5.74, 6) is 1.76. The highest BCUT2D eigenvalue weighted by Gasteiger charge is 2.26. The van der Waals surface area contributed by atoms with Crippen LogP contribution in [0.1, 0.15) is 36.6 Å². The summed E-state index contributed by atoms with van der Waals surface area (Å²) in [6.45, 7) is 2.65. The Bertz CT molecular complexity index is 597. The molecule has 104 valence electrons. The van der Waals surface area contributed by atoms with Crippen molar-refractivity contribution in [2.45, 2.75) is 25.5 Å². The molecule has 0 spiro atoms. The molecule has 0 saturated carbocycles. The zero-order chi connectivity index (χ0) is 13.9. The molecule has 0 aliphatic carbocycles. The highest BCUT2D eigenvalue weighted by atomic mass is 16.5. The Morgan fingerprint density at radius 1 is 1.20 bits per heavy atom. The van der Waals surface area contributed by atoms with Crippen LogP contribution in [0.25, 0.3) is 0 Å². The van der Waals surface area contributed by atoms with E-state index in [0.717, 1.165) is 29.0 Å². The number of rotatable bonds is 3. The second kappa shape index (κ2) is 5.55. The molecule has 3 nitrogen and oxygen atoms in total. The van der Waals surface area contributed by atoms with E-state index in [0.29, 0.717) is 6.61 Å². The third kappa shape index (κ3) is 2.49. The number of nitrogens with two attached hydrogens (primary N) is 1. The van der Waals surface area contributed by atoms with Gasteiger partial charge >= 0.3 is 0 Å². The lowest BCUT2D eigenvalue weighted by Gasteiger charge is -2.30. The molecule has 0 saturated heterocycles. The Balaban J connectivity index is 1.87. The molecule has 1 aliphatic rings. The topological polar surface area (TPSA) is 44.5 Å². The van der Waals surface area contributed by atoms with Gasteiger partial charge in [0.1, 0.15) is 17.6 Å². The second-order valence-electron chi connectivity index (χ2n) is 4.99. The van der Waals surface area contributed by atoms with Crippen molar-refractivity contribution in [3.8, 4) is 11.5 Å². The number of fused-ring (bicyclic) bond motifs is 1. The lowest BCUT2D eigenvalue weighted by atomic mass is 9.93. The van der Waals surface area contributed by atoms with Gasteiger partial charge in [0.2, 0.25) is 0 Å². The summed E-state index contributed by atoms with van der Waals surface area (Å²) in [7, 11) is 0. The zero-order valence-corrected chi connectivity index (χ0v) is 11.6. The fraction of sp³-hybridized carbons (Fsp3) is 0.294. The van der Waals surface area contributed by atoms with E-state index in [-0.39, 0.29) is 12.1 Å². The second-order valence-corrected chi connectivity index (χ2v) is 4.99. The minimum absolute atomic E-state index is 0.0136. The molecule has 2 atom stereocenters. The van der Waals surface area contributed by atoms with Gasteiger partial charge < -0.3 is 15.2 Å². The Morgan fingerprint density at radius 2 is 2.05 bits per heavy atom. The molecule has 0 amide bonds. The molecule has 3 rings (SSSR count). The molecule has 1 unspecified atom stereocenters. The van der Waals surface area contributed by atoms with E-state index in [1.807, 2.05) is 49.4 Å². The summed E-state index contributed by atoms with van der Waals surface area (Å²) in [5.41, 5.74) is 8.46. The molecular weight excluding hydrogens is 250 g/mol. The number of para-hydroxylation sites is 1. The maximum absolute atomic E-state index is 6.26. The third-order valence-electron chi connectivity index (χ3n) is 3.60. The van der Waals surface area contributed by atoms with Crippen LogP contribution in [0.15, 0.2) is 48.5 Å². The number of ether oxygens (including phenoxy) is 2. The standard InChI is InChI=1S/C17H19NO2/c1-2-19-13-7-5-6-12(10-13)17-11-15(18)14-8-3-4-9-16(14)20-17/h3-10,15,17H,2,11,18H2,1H3/t15-,17?/m0/s1. The minimum atomic E-state index is -0.0136. The average Bonchev–Trinajstić information content (AvgIpc) is 2.48. The molecule has 0 bridgehead atoms. The summed E-state index contributed by atoms with van der Waals surface area (Å²) in [5, 5.41) is 0. The molecule has 1 heterocycles. The van der Waals surface area contributed by atoms with Gasteiger partial charge in [0.05, 0.1) is 6.61 Å². The van der Waals surface area contributed by atoms with Gasteiger partial charge in [0.15, 0.2) is 0 Å². The molecule has 0 radical (unpaired) electrons. The molecule has 3 heteroatoms. The van der Waals surface area contributed by atoms with Crippen LogP contribution in [-0.4, -0.2) is 6.61 Å². The maximum atomic E-state index is 6.26. The molecule has 20 heavy (non-hydrogen) atoms. The van der Waals surface area contributed by atoms with E-state index in [4.69, 9.17) is 15.2 Å². The van der Waals surface area contributed by atoms with Crippen LogP contribution in [0.2, 0.25) is 0 Å². The van der Waals surface area contributed by atoms with Gasteiger partial charge in [-0.05, 0) is 30.7 Å². The Hall–Kier alpha value is -2.00. The molecule has 2 N–H and O–H groups in total. The Kier molecular flexibility index (Phi) is 3.61. The summed E-state index contributed by atoms with van der Waals surface area (Å²) in [6.07, 6.45) is 0.771. The van der Waals surface area contributed by atoms with E-state index >= 15 is 0 Å². The van der Waals surface area contributed by atoms with Crippen molar-refractivity contribution in [3.63, 3.8) is 0 Å². The molecule has 0 aromatic heterocycles. The first-order valence-corrected chi connectivity index (χ1v) is 7.02. The largest absolute Gasteiger partial charge is 0.494 e. The predicted molar refractivity (Wildman–Crippen MR) is 79.0 cm³/mol. The van der Waals surface area contributed by atoms with Crippen molar-refractivity contribution in [2.24, 2.45) is 5.73 Å². The zero-order valence-electron chi connectivity index (χ0n) is 11.6. The van der Waals surface area contributed by atoms with Crippen molar-refractivity contribution in [1.82, 2.24) is 0 Å². The van der Waals surface area contributed by atoms with Crippen molar-refractivity contribution in [1.29, 1.82) is 0 Å². The van der Waals surface area contributed by atoms with Crippen LogP contribution in [0.3, 0.4) is 0 Å². The predicted octanol–water partition coefficient (Wildman–Crippen LogP) is 3.61. The lowest BCUT2D eigenvalue weighted by molar-refractivity contribution is 0.161. The van der Waals surface area contributed by atoms with E-state index in [9.17, 15) is 0 Å². The third-order valence-corrected chi connectivity index (χ3v) is 3.60. The quantitative estimate of drug-likeness (QED) is 0.925. The van der Waals surface area contributed by atoms with Crippen molar-refractivity contribution < 1.29 is 9.47 Å². The first-order chi connectivity index (χ1) is 9.78. The van der Waals surface area contributed by atoms with Gasteiger partial charge in [0, 0.05) is 18.0 Å². The highest BCUT2D eigenvalue weighted by Crippen LogP contribution is 2.39.